The number of nitrogens with one attached hydrogen (secondary N) is 1. The highest BCUT2D eigenvalue weighted by Crippen LogP contribution is 2.19. The molecule has 1 fully saturated rings. The van der Waals surface area contributed by atoms with E-state index in [1.165, 1.54) is 38.9 Å². The molecule has 0 radical (unpaired) electrons. The molecule has 0 spiro atoms. The molecule has 0 aromatic heterocycles. The van der Waals surface area contributed by atoms with Gasteiger partial charge in [0.1, 0.15) is 0 Å². The summed E-state index contributed by atoms with van der Waals surface area (Å²) in [6, 6.07) is 0. The number of likely N-dealkylation sites (tertiary alicyclic amines) is 1. The molecule has 2 heteroatoms. The molecule has 0 amide bonds. The van der Waals surface area contributed by atoms with E-state index in [1.54, 1.807) is 0 Å². The van der Waals surface area contributed by atoms with Gasteiger partial charge in [0.25, 0.3) is 0 Å². The van der Waals surface area contributed by atoms with Gasteiger partial charge in [0.15, 0.2) is 0 Å². The molecule has 15 heavy (non-hydrogen) atoms. The Hall–Kier alpha value is -0.0800. The zero-order valence-electron chi connectivity index (χ0n) is 10.8. The summed E-state index contributed by atoms with van der Waals surface area (Å²) in [5, 5.41) is 3.52. The standard InChI is InChI=1S/C13H28N2/c1-4-5-13-6-8-15(11-13)9-7-14-10-12(2)3/h12-14H,4-11H2,1-3H3. The van der Waals surface area contributed by atoms with Crippen LogP contribution in [0.1, 0.15) is 40.0 Å². The van der Waals surface area contributed by atoms with Gasteiger partial charge in [0.05, 0.1) is 0 Å². The second kappa shape index (κ2) is 7.24. The predicted molar refractivity (Wildman–Crippen MR) is 67.2 cm³/mol. The van der Waals surface area contributed by atoms with Crippen LogP contribution in [-0.2, 0) is 0 Å². The molecule has 1 saturated heterocycles. The molecule has 0 bridgehead atoms. The van der Waals surface area contributed by atoms with E-state index in [1.807, 2.05) is 0 Å². The van der Waals surface area contributed by atoms with Crippen LogP contribution in [0.3, 0.4) is 0 Å². The Balaban J connectivity index is 1.99. The van der Waals surface area contributed by atoms with Crippen molar-refractivity contribution in [3.8, 4) is 0 Å². The molecule has 0 saturated carbocycles. The van der Waals surface area contributed by atoms with Crippen molar-refractivity contribution in [3.63, 3.8) is 0 Å². The minimum atomic E-state index is 0.774. The third kappa shape index (κ3) is 5.53. The monoisotopic (exact) mass is 212 g/mol. The molecule has 1 aliphatic heterocycles. The molecular weight excluding hydrogens is 184 g/mol. The third-order valence-corrected chi connectivity index (χ3v) is 3.22. The van der Waals surface area contributed by atoms with E-state index in [0.29, 0.717) is 0 Å². The largest absolute Gasteiger partial charge is 0.315 e. The van der Waals surface area contributed by atoms with Crippen molar-refractivity contribution < 1.29 is 0 Å². The molecule has 90 valence electrons. The van der Waals surface area contributed by atoms with Gasteiger partial charge < -0.3 is 10.2 Å². The van der Waals surface area contributed by atoms with Gasteiger partial charge in [-0.1, -0.05) is 27.2 Å². The molecule has 0 aliphatic carbocycles. The Labute approximate surface area is 95.4 Å². The lowest BCUT2D eigenvalue weighted by Gasteiger charge is -2.16. The maximum Gasteiger partial charge on any atom is 0.0107 e. The molecular formula is C13H28N2. The maximum atomic E-state index is 3.52. The Morgan fingerprint density at radius 3 is 2.87 bits per heavy atom. The zero-order valence-corrected chi connectivity index (χ0v) is 10.8. The van der Waals surface area contributed by atoms with Crippen molar-refractivity contribution in [1.29, 1.82) is 0 Å². The summed E-state index contributed by atoms with van der Waals surface area (Å²) in [6.45, 7) is 13.1. The molecule has 2 nitrogen and oxygen atoms in total. The Morgan fingerprint density at radius 2 is 2.20 bits per heavy atom. The molecule has 1 heterocycles. The second-order valence-corrected chi connectivity index (χ2v) is 5.34. The van der Waals surface area contributed by atoms with E-state index in [2.05, 4.69) is 31.0 Å². The van der Waals surface area contributed by atoms with Crippen molar-refractivity contribution in [2.45, 2.75) is 40.0 Å². The lowest BCUT2D eigenvalue weighted by molar-refractivity contribution is 0.316. The molecule has 0 aromatic rings. The van der Waals surface area contributed by atoms with Crippen LogP contribution < -0.4 is 5.32 Å². The van der Waals surface area contributed by atoms with Gasteiger partial charge in [-0.2, -0.15) is 0 Å². The quantitative estimate of drug-likeness (QED) is 0.652. The van der Waals surface area contributed by atoms with Crippen molar-refractivity contribution in [2.75, 3.05) is 32.7 Å². The Morgan fingerprint density at radius 1 is 1.40 bits per heavy atom. The first kappa shape index (κ1) is 13.0. The summed E-state index contributed by atoms with van der Waals surface area (Å²) >= 11 is 0. The first-order valence-electron chi connectivity index (χ1n) is 6.65. The fraction of sp³-hybridized carbons (Fsp3) is 1.00. The van der Waals surface area contributed by atoms with Crippen molar-refractivity contribution in [2.24, 2.45) is 11.8 Å². The van der Waals surface area contributed by atoms with Crippen LogP contribution in [0.4, 0.5) is 0 Å². The van der Waals surface area contributed by atoms with Crippen LogP contribution in [0.15, 0.2) is 0 Å². The number of hydrogen-bond acceptors (Lipinski definition) is 2. The summed E-state index contributed by atoms with van der Waals surface area (Å²) in [5.74, 6) is 1.76. The molecule has 1 unspecified atom stereocenters. The minimum absolute atomic E-state index is 0.774. The Kier molecular flexibility index (Phi) is 6.26. The van der Waals surface area contributed by atoms with E-state index in [-0.39, 0.29) is 0 Å². The lowest BCUT2D eigenvalue weighted by atomic mass is 10.0. The molecule has 1 N–H and O–H groups in total. The highest BCUT2D eigenvalue weighted by atomic mass is 15.2. The first-order chi connectivity index (χ1) is 7.22. The third-order valence-electron chi connectivity index (χ3n) is 3.22. The van der Waals surface area contributed by atoms with Crippen LogP contribution in [0.5, 0.6) is 0 Å². The van der Waals surface area contributed by atoms with Gasteiger partial charge in [0.2, 0.25) is 0 Å². The highest BCUT2D eigenvalue weighted by Gasteiger charge is 2.20. The van der Waals surface area contributed by atoms with Gasteiger partial charge >= 0.3 is 0 Å². The topological polar surface area (TPSA) is 15.3 Å². The maximum absolute atomic E-state index is 3.52. The lowest BCUT2D eigenvalue weighted by Crippen LogP contribution is -2.32. The first-order valence-corrected chi connectivity index (χ1v) is 6.65. The summed E-state index contributed by atoms with van der Waals surface area (Å²) < 4.78 is 0. The summed E-state index contributed by atoms with van der Waals surface area (Å²) in [6.07, 6.45) is 4.21. The summed E-state index contributed by atoms with van der Waals surface area (Å²) in [5.41, 5.74) is 0. The van der Waals surface area contributed by atoms with E-state index in [9.17, 15) is 0 Å². The van der Waals surface area contributed by atoms with Crippen LogP contribution >= 0.6 is 0 Å². The summed E-state index contributed by atoms with van der Waals surface area (Å²) in [7, 11) is 0. The minimum Gasteiger partial charge on any atom is -0.315 e. The van der Waals surface area contributed by atoms with Crippen molar-refractivity contribution in [1.82, 2.24) is 10.2 Å². The van der Waals surface area contributed by atoms with Crippen LogP contribution in [-0.4, -0.2) is 37.6 Å². The van der Waals surface area contributed by atoms with E-state index in [0.717, 1.165) is 24.9 Å². The van der Waals surface area contributed by atoms with Crippen LogP contribution in [0.2, 0.25) is 0 Å². The number of rotatable bonds is 7. The average molecular weight is 212 g/mol. The molecule has 1 aliphatic rings. The number of hydrogen-bond donors (Lipinski definition) is 1. The second-order valence-electron chi connectivity index (χ2n) is 5.34. The predicted octanol–water partition coefficient (Wildman–Crippen LogP) is 2.35. The fourth-order valence-electron chi connectivity index (χ4n) is 2.39. The van der Waals surface area contributed by atoms with Crippen LogP contribution in [0, 0.1) is 11.8 Å². The van der Waals surface area contributed by atoms with E-state index >= 15 is 0 Å². The van der Waals surface area contributed by atoms with Gasteiger partial charge in [0, 0.05) is 19.6 Å². The smallest absolute Gasteiger partial charge is 0.0107 e. The average Bonchev–Trinajstić information content (AvgIpc) is 2.61. The van der Waals surface area contributed by atoms with Crippen molar-refractivity contribution in [3.05, 3.63) is 0 Å². The SMILES string of the molecule is CCCC1CCN(CCNCC(C)C)C1. The van der Waals surface area contributed by atoms with Crippen molar-refractivity contribution >= 4 is 0 Å². The van der Waals surface area contributed by atoms with Crippen LogP contribution in [0.25, 0.3) is 0 Å². The molecule has 1 rings (SSSR count). The number of nitrogens with zero attached hydrogens (tertiary/aromatic N) is 1. The van der Waals surface area contributed by atoms with E-state index in [4.69, 9.17) is 0 Å². The highest BCUT2D eigenvalue weighted by molar-refractivity contribution is 4.75. The van der Waals surface area contributed by atoms with Gasteiger partial charge in [-0.05, 0) is 37.8 Å². The Bertz CT molecular complexity index is 157. The zero-order chi connectivity index (χ0) is 11.1. The normalized spacial score (nSPS) is 22.8. The molecule has 0 aromatic carbocycles. The van der Waals surface area contributed by atoms with Gasteiger partial charge in [-0.15, -0.1) is 0 Å². The van der Waals surface area contributed by atoms with Gasteiger partial charge in [-0.25, -0.2) is 0 Å². The molecule has 1 atom stereocenters. The van der Waals surface area contributed by atoms with Gasteiger partial charge in [-0.3, -0.25) is 0 Å². The summed E-state index contributed by atoms with van der Waals surface area (Å²) in [4.78, 5) is 2.62. The fourth-order valence-corrected chi connectivity index (χ4v) is 2.39. The van der Waals surface area contributed by atoms with E-state index < -0.39 is 0 Å².